The van der Waals surface area contributed by atoms with Gasteiger partial charge in [-0.05, 0) is 39.0 Å². The van der Waals surface area contributed by atoms with Crippen LogP contribution in [0.15, 0.2) is 36.7 Å². The van der Waals surface area contributed by atoms with E-state index < -0.39 is 23.8 Å². The molecule has 12 heteroatoms. The summed E-state index contributed by atoms with van der Waals surface area (Å²) in [5.41, 5.74) is -0.133. The van der Waals surface area contributed by atoms with Crippen molar-refractivity contribution in [3.63, 3.8) is 0 Å². The Bertz CT molecular complexity index is 1130. The van der Waals surface area contributed by atoms with Gasteiger partial charge in [-0.25, -0.2) is 15.0 Å². The van der Waals surface area contributed by atoms with Gasteiger partial charge < -0.3 is 4.90 Å². The molecule has 1 saturated heterocycles. The average molecular weight is 461 g/mol. The highest BCUT2D eigenvalue weighted by atomic mass is 19.4. The number of hydroxylamine groups is 1. The normalized spacial score (nSPS) is 17.2. The number of anilines is 1. The monoisotopic (exact) mass is 461 g/mol. The van der Waals surface area contributed by atoms with E-state index in [0.29, 0.717) is 11.6 Å². The minimum Gasteiger partial charge on any atom is -0.334 e. The zero-order valence-corrected chi connectivity index (χ0v) is 18.2. The average Bonchev–Trinajstić information content (AvgIpc) is 3.20. The van der Waals surface area contributed by atoms with Crippen molar-refractivity contribution in [1.82, 2.24) is 29.9 Å². The van der Waals surface area contributed by atoms with E-state index in [-0.39, 0.29) is 30.9 Å². The maximum absolute atomic E-state index is 13.4. The molecule has 9 nitrogen and oxygen atoms in total. The summed E-state index contributed by atoms with van der Waals surface area (Å²) >= 11 is 0. The summed E-state index contributed by atoms with van der Waals surface area (Å²) in [6.07, 6.45) is -2.25. The summed E-state index contributed by atoms with van der Waals surface area (Å²) in [5.74, 6) is 0.571. The second-order valence-electron chi connectivity index (χ2n) is 7.73. The van der Waals surface area contributed by atoms with Gasteiger partial charge in [0, 0.05) is 24.8 Å². The van der Waals surface area contributed by atoms with Crippen molar-refractivity contribution in [2.24, 2.45) is 0 Å². The molecule has 1 amide bonds. The molecular weight excluding hydrogens is 439 g/mol. The first-order chi connectivity index (χ1) is 15.6. The zero-order valence-electron chi connectivity index (χ0n) is 18.2. The van der Waals surface area contributed by atoms with Gasteiger partial charge in [0.1, 0.15) is 11.9 Å². The Morgan fingerprint density at radius 2 is 1.82 bits per heavy atom. The fourth-order valence-electron chi connectivity index (χ4n) is 3.66. The maximum atomic E-state index is 13.4. The van der Waals surface area contributed by atoms with Gasteiger partial charge in [0.25, 0.3) is 5.91 Å². The zero-order chi connectivity index (χ0) is 23.8. The third-order valence-electron chi connectivity index (χ3n) is 5.04. The number of aromatic nitrogens is 5. The highest BCUT2D eigenvalue weighted by Crippen LogP contribution is 2.32. The second kappa shape index (κ2) is 8.77. The molecule has 1 aliphatic heterocycles. The Balaban J connectivity index is 1.65. The Labute approximate surface area is 187 Å². The number of aryl methyl sites for hydroxylation is 2. The quantitative estimate of drug-likeness (QED) is 0.593. The first-order valence-electron chi connectivity index (χ1n) is 10.3. The summed E-state index contributed by atoms with van der Waals surface area (Å²) in [7, 11) is 0. The van der Waals surface area contributed by atoms with Crippen LogP contribution in [0.25, 0.3) is 5.69 Å². The largest absolute Gasteiger partial charge is 0.416 e. The molecule has 3 aromatic rings. The number of nitrogens with zero attached hydrogens (tertiary/aromatic N) is 7. The summed E-state index contributed by atoms with van der Waals surface area (Å²) < 4.78 is 40.1. The highest BCUT2D eigenvalue weighted by Gasteiger charge is 2.34. The van der Waals surface area contributed by atoms with Crippen molar-refractivity contribution in [1.29, 1.82) is 0 Å². The molecule has 0 unspecified atom stereocenters. The van der Waals surface area contributed by atoms with Crippen molar-refractivity contribution < 1.29 is 22.8 Å². The summed E-state index contributed by atoms with van der Waals surface area (Å²) in [6, 6.07) is 4.72. The predicted molar refractivity (Wildman–Crippen MR) is 112 cm³/mol. The van der Waals surface area contributed by atoms with E-state index >= 15 is 0 Å². The minimum absolute atomic E-state index is 0.143. The number of carbonyl (C=O) groups is 1. The van der Waals surface area contributed by atoms with Crippen molar-refractivity contribution in [3.05, 3.63) is 59.3 Å². The summed E-state index contributed by atoms with van der Waals surface area (Å²) in [4.78, 5) is 30.6. The number of hydrogen-bond acceptors (Lipinski definition) is 7. The van der Waals surface area contributed by atoms with Gasteiger partial charge in [-0.1, -0.05) is 0 Å². The van der Waals surface area contributed by atoms with Gasteiger partial charge in [0.2, 0.25) is 0 Å². The molecule has 1 fully saturated rings. The van der Waals surface area contributed by atoms with Crippen LogP contribution in [-0.4, -0.2) is 61.5 Å². The molecule has 174 valence electrons. The molecule has 3 heterocycles. The molecule has 4 rings (SSSR count). The van der Waals surface area contributed by atoms with Crippen LogP contribution in [0.1, 0.15) is 34.4 Å². The number of rotatable bonds is 3. The summed E-state index contributed by atoms with van der Waals surface area (Å²) in [6.45, 7) is 6.07. The third-order valence-corrected chi connectivity index (χ3v) is 5.04. The van der Waals surface area contributed by atoms with Crippen molar-refractivity contribution in [2.75, 3.05) is 24.7 Å². The van der Waals surface area contributed by atoms with Crippen LogP contribution in [-0.2, 0) is 11.0 Å². The van der Waals surface area contributed by atoms with E-state index in [2.05, 4.69) is 20.2 Å². The molecule has 0 saturated carbocycles. The lowest BCUT2D eigenvalue weighted by atomic mass is 10.1. The first kappa shape index (κ1) is 22.6. The molecular formula is C21H22F3N7O2. The van der Waals surface area contributed by atoms with Gasteiger partial charge in [-0.2, -0.15) is 28.2 Å². The maximum Gasteiger partial charge on any atom is 0.416 e. The molecule has 33 heavy (non-hydrogen) atoms. The lowest BCUT2D eigenvalue weighted by molar-refractivity contribution is -0.137. The van der Waals surface area contributed by atoms with E-state index in [9.17, 15) is 18.0 Å². The molecule has 0 N–H and O–H groups in total. The van der Waals surface area contributed by atoms with Gasteiger partial charge in [0.15, 0.2) is 5.82 Å². The first-order valence-corrected chi connectivity index (χ1v) is 10.3. The molecule has 0 bridgehead atoms. The van der Waals surface area contributed by atoms with Crippen LogP contribution in [0.5, 0.6) is 0 Å². The van der Waals surface area contributed by atoms with Crippen molar-refractivity contribution in [3.8, 4) is 5.69 Å². The molecule has 1 aliphatic rings. The van der Waals surface area contributed by atoms with Gasteiger partial charge in [0.05, 0.1) is 35.8 Å². The lowest BCUT2D eigenvalue weighted by Gasteiger charge is -2.23. The van der Waals surface area contributed by atoms with E-state index in [1.54, 1.807) is 25.0 Å². The molecule has 1 aromatic carbocycles. The third kappa shape index (κ3) is 4.95. The van der Waals surface area contributed by atoms with Crippen LogP contribution >= 0.6 is 0 Å². The molecule has 2 aromatic heterocycles. The predicted octanol–water partition coefficient (Wildman–Crippen LogP) is 2.98. The van der Waals surface area contributed by atoms with Crippen LogP contribution < -0.4 is 5.06 Å². The fourth-order valence-corrected chi connectivity index (χ4v) is 3.66. The SMILES string of the molecule is Cc1cc(N2CCN(C(=O)c3cc(C(F)(F)F)ccc3-n3nccn3)C[C@H](C)O2)nc(C)n1. The molecule has 0 spiro atoms. The van der Waals surface area contributed by atoms with Crippen molar-refractivity contribution >= 4 is 11.7 Å². The van der Waals surface area contributed by atoms with E-state index in [1.165, 1.54) is 23.4 Å². The Kier molecular flexibility index (Phi) is 6.02. The number of alkyl halides is 3. The van der Waals surface area contributed by atoms with E-state index in [4.69, 9.17) is 4.84 Å². The number of benzene rings is 1. The number of hydrogen-bond donors (Lipinski definition) is 0. The Hall–Kier alpha value is -3.54. The standard InChI is InChI=1S/C21H22F3N7O2/c1-13-10-19(28-15(3)27-13)30-9-8-29(12-14(2)33-30)20(32)17-11-16(21(22,23)24)4-5-18(17)31-25-6-7-26-31/h4-7,10-11,14H,8-9,12H2,1-3H3/t14-/m0/s1. The van der Waals surface area contributed by atoms with Crippen LogP contribution in [0.4, 0.5) is 19.0 Å². The molecule has 0 radical (unpaired) electrons. The van der Waals surface area contributed by atoms with Crippen molar-refractivity contribution in [2.45, 2.75) is 33.1 Å². The number of carbonyl (C=O) groups excluding carboxylic acids is 1. The Morgan fingerprint density at radius 1 is 1.09 bits per heavy atom. The van der Waals surface area contributed by atoms with E-state index in [1.807, 2.05) is 6.92 Å². The smallest absolute Gasteiger partial charge is 0.334 e. The van der Waals surface area contributed by atoms with Crippen LogP contribution in [0, 0.1) is 13.8 Å². The van der Waals surface area contributed by atoms with Gasteiger partial charge >= 0.3 is 6.18 Å². The number of halogens is 3. The van der Waals surface area contributed by atoms with Crippen LogP contribution in [0.3, 0.4) is 0 Å². The topological polar surface area (TPSA) is 89.3 Å². The Morgan fingerprint density at radius 3 is 2.48 bits per heavy atom. The summed E-state index contributed by atoms with van der Waals surface area (Å²) in [5, 5.41) is 9.53. The van der Waals surface area contributed by atoms with Gasteiger partial charge in [-0.3, -0.25) is 9.63 Å². The lowest BCUT2D eigenvalue weighted by Crippen LogP contribution is -2.37. The fraction of sp³-hybridized carbons (Fsp3) is 0.381. The number of amides is 1. The molecule has 0 aliphatic carbocycles. The van der Waals surface area contributed by atoms with Gasteiger partial charge in [-0.15, -0.1) is 0 Å². The minimum atomic E-state index is -4.60. The second-order valence-corrected chi connectivity index (χ2v) is 7.73. The highest BCUT2D eigenvalue weighted by molar-refractivity contribution is 5.98. The van der Waals surface area contributed by atoms with E-state index in [0.717, 1.165) is 22.6 Å². The molecule has 1 atom stereocenters. The van der Waals surface area contributed by atoms with Crippen LogP contribution in [0.2, 0.25) is 0 Å².